The molecular formula is C30H34ClN3O4S. The number of hydrogen-bond donors (Lipinski definition) is 1. The zero-order valence-corrected chi connectivity index (χ0v) is 23.6. The fraction of sp³-hybridized carbons (Fsp3) is 0.333. The summed E-state index contributed by atoms with van der Waals surface area (Å²) in [7, 11) is -3.78. The lowest BCUT2D eigenvalue weighted by Crippen LogP contribution is -2.54. The van der Waals surface area contributed by atoms with Crippen molar-refractivity contribution in [2.24, 2.45) is 0 Å². The molecule has 0 radical (unpaired) electrons. The van der Waals surface area contributed by atoms with E-state index < -0.39 is 28.5 Å². The number of amides is 2. The highest BCUT2D eigenvalue weighted by Crippen LogP contribution is 2.22. The highest BCUT2D eigenvalue weighted by molar-refractivity contribution is 7.92. The van der Waals surface area contributed by atoms with Gasteiger partial charge >= 0.3 is 0 Å². The fourth-order valence-electron chi connectivity index (χ4n) is 4.92. The minimum atomic E-state index is -3.78. The lowest BCUT2D eigenvalue weighted by Gasteiger charge is -2.34. The van der Waals surface area contributed by atoms with Crippen LogP contribution in [-0.4, -0.2) is 50.0 Å². The summed E-state index contributed by atoms with van der Waals surface area (Å²) < 4.78 is 26.6. The first-order valence-corrected chi connectivity index (χ1v) is 15.3. The minimum Gasteiger partial charge on any atom is -0.352 e. The molecule has 2 amide bonds. The van der Waals surface area contributed by atoms with Crippen molar-refractivity contribution in [1.82, 2.24) is 10.2 Å². The van der Waals surface area contributed by atoms with Crippen LogP contribution in [0, 0.1) is 0 Å². The van der Waals surface area contributed by atoms with E-state index in [1.165, 1.54) is 4.90 Å². The summed E-state index contributed by atoms with van der Waals surface area (Å²) in [6.45, 7) is -0.309. The molecule has 0 heterocycles. The van der Waals surface area contributed by atoms with Crippen molar-refractivity contribution in [3.05, 3.63) is 101 Å². The van der Waals surface area contributed by atoms with E-state index in [-0.39, 0.29) is 18.5 Å². The molecule has 1 fully saturated rings. The normalized spacial score (nSPS) is 14.5. The Hall–Kier alpha value is -3.36. The largest absolute Gasteiger partial charge is 0.352 e. The number of sulfonamides is 1. The first-order valence-electron chi connectivity index (χ1n) is 13.1. The number of carbonyl (C=O) groups excluding carboxylic acids is 2. The number of nitrogens with one attached hydrogen (secondary N) is 1. The summed E-state index contributed by atoms with van der Waals surface area (Å²) in [6, 6.07) is 24.4. The summed E-state index contributed by atoms with van der Waals surface area (Å²) in [6.07, 6.45) is 5.30. The highest BCUT2D eigenvalue weighted by Gasteiger charge is 2.34. The summed E-state index contributed by atoms with van der Waals surface area (Å²) in [4.78, 5) is 29.3. The lowest BCUT2D eigenvalue weighted by atomic mass is 10.0. The van der Waals surface area contributed by atoms with Crippen LogP contribution in [0.15, 0.2) is 84.9 Å². The van der Waals surface area contributed by atoms with Gasteiger partial charge in [0, 0.05) is 24.0 Å². The molecule has 0 saturated heterocycles. The lowest BCUT2D eigenvalue weighted by molar-refractivity contribution is -0.140. The predicted molar refractivity (Wildman–Crippen MR) is 155 cm³/mol. The van der Waals surface area contributed by atoms with Crippen LogP contribution in [0.4, 0.5) is 5.69 Å². The number of para-hydroxylation sites is 1. The molecule has 1 saturated carbocycles. The first-order chi connectivity index (χ1) is 18.7. The second kappa shape index (κ2) is 13.1. The molecule has 4 rings (SSSR count). The molecule has 0 aromatic heterocycles. The number of carbonyl (C=O) groups is 2. The van der Waals surface area contributed by atoms with Gasteiger partial charge in [-0.15, -0.1) is 0 Å². The number of anilines is 1. The summed E-state index contributed by atoms with van der Waals surface area (Å²) in [5.74, 6) is -0.708. The topological polar surface area (TPSA) is 86.8 Å². The van der Waals surface area contributed by atoms with Crippen LogP contribution >= 0.6 is 11.6 Å². The Kier molecular flexibility index (Phi) is 9.64. The quantitative estimate of drug-likeness (QED) is 0.360. The smallest absolute Gasteiger partial charge is 0.244 e. The van der Waals surface area contributed by atoms with Gasteiger partial charge in [0.05, 0.1) is 11.9 Å². The van der Waals surface area contributed by atoms with Gasteiger partial charge < -0.3 is 10.2 Å². The van der Waals surface area contributed by atoms with Crippen molar-refractivity contribution < 1.29 is 18.0 Å². The van der Waals surface area contributed by atoms with E-state index in [2.05, 4.69) is 5.32 Å². The Labute approximate surface area is 235 Å². The van der Waals surface area contributed by atoms with E-state index in [0.717, 1.165) is 47.4 Å². The maximum absolute atomic E-state index is 14.0. The van der Waals surface area contributed by atoms with Gasteiger partial charge in [-0.1, -0.05) is 85.1 Å². The second-order valence-electron chi connectivity index (χ2n) is 9.95. The van der Waals surface area contributed by atoms with E-state index in [1.54, 1.807) is 42.5 Å². The van der Waals surface area contributed by atoms with Crippen molar-refractivity contribution in [2.45, 2.75) is 50.7 Å². The van der Waals surface area contributed by atoms with Crippen molar-refractivity contribution in [3.8, 4) is 0 Å². The molecule has 1 unspecified atom stereocenters. The molecule has 1 N–H and O–H groups in total. The Morgan fingerprint density at radius 2 is 1.49 bits per heavy atom. The van der Waals surface area contributed by atoms with Crippen LogP contribution in [0.25, 0.3) is 0 Å². The van der Waals surface area contributed by atoms with Crippen LogP contribution in [-0.2, 0) is 32.6 Å². The number of hydrogen-bond acceptors (Lipinski definition) is 4. The van der Waals surface area contributed by atoms with E-state index in [0.29, 0.717) is 17.1 Å². The zero-order chi connectivity index (χ0) is 27.8. The highest BCUT2D eigenvalue weighted by atomic mass is 35.5. The molecule has 0 spiro atoms. The van der Waals surface area contributed by atoms with Crippen LogP contribution < -0.4 is 9.62 Å². The summed E-state index contributed by atoms with van der Waals surface area (Å²) >= 11 is 6.10. The molecule has 206 valence electrons. The van der Waals surface area contributed by atoms with Gasteiger partial charge in [0.25, 0.3) is 0 Å². The van der Waals surface area contributed by atoms with Crippen LogP contribution in [0.1, 0.15) is 36.8 Å². The van der Waals surface area contributed by atoms with Gasteiger partial charge in [0.2, 0.25) is 21.8 Å². The molecule has 0 aliphatic heterocycles. The molecule has 1 aliphatic carbocycles. The Morgan fingerprint density at radius 3 is 2.08 bits per heavy atom. The van der Waals surface area contributed by atoms with Gasteiger partial charge in [-0.2, -0.15) is 0 Å². The molecular weight excluding hydrogens is 534 g/mol. The monoisotopic (exact) mass is 567 g/mol. The van der Waals surface area contributed by atoms with Gasteiger partial charge in [-0.25, -0.2) is 8.42 Å². The van der Waals surface area contributed by atoms with Gasteiger partial charge in [-0.3, -0.25) is 13.9 Å². The molecule has 1 aliphatic rings. The zero-order valence-electron chi connectivity index (χ0n) is 22.0. The summed E-state index contributed by atoms with van der Waals surface area (Å²) in [5, 5.41) is 3.72. The van der Waals surface area contributed by atoms with E-state index in [1.807, 2.05) is 42.5 Å². The predicted octanol–water partition coefficient (Wildman–Crippen LogP) is 4.80. The van der Waals surface area contributed by atoms with Crippen molar-refractivity contribution in [3.63, 3.8) is 0 Å². The summed E-state index contributed by atoms with van der Waals surface area (Å²) in [5.41, 5.74) is 2.07. The molecule has 3 aromatic carbocycles. The standard InChI is InChI=1S/C30H34ClN3O4S/c1-39(37,38)34(27-14-6-3-7-15-27)22-29(35)33(21-24-16-18-25(31)19-17-24)28(20-23-10-4-2-5-11-23)30(36)32-26-12-8-9-13-26/h2-7,10-11,14-19,26,28H,8-9,12-13,20-22H2,1H3,(H,32,36). The maximum Gasteiger partial charge on any atom is 0.244 e. The number of halogens is 1. The average molecular weight is 568 g/mol. The molecule has 0 bridgehead atoms. The number of rotatable bonds is 11. The molecule has 1 atom stereocenters. The third-order valence-corrected chi connectivity index (χ3v) is 8.35. The van der Waals surface area contributed by atoms with E-state index >= 15 is 0 Å². The van der Waals surface area contributed by atoms with E-state index in [4.69, 9.17) is 11.6 Å². The van der Waals surface area contributed by atoms with Gasteiger partial charge in [0.1, 0.15) is 12.6 Å². The van der Waals surface area contributed by atoms with E-state index in [9.17, 15) is 18.0 Å². The molecule has 3 aromatic rings. The average Bonchev–Trinajstić information content (AvgIpc) is 3.43. The van der Waals surface area contributed by atoms with Crippen molar-refractivity contribution in [1.29, 1.82) is 0 Å². The maximum atomic E-state index is 14.0. The third kappa shape index (κ3) is 8.07. The first kappa shape index (κ1) is 28.6. The number of benzene rings is 3. The van der Waals surface area contributed by atoms with Gasteiger partial charge in [-0.05, 0) is 48.2 Å². The fourth-order valence-corrected chi connectivity index (χ4v) is 5.89. The SMILES string of the molecule is CS(=O)(=O)N(CC(=O)N(Cc1ccc(Cl)cc1)C(Cc1ccccc1)C(=O)NC1CCCC1)c1ccccc1. The third-order valence-electron chi connectivity index (χ3n) is 6.96. The van der Waals surface area contributed by atoms with Gasteiger partial charge in [0.15, 0.2) is 0 Å². The second-order valence-corrected chi connectivity index (χ2v) is 12.3. The van der Waals surface area contributed by atoms with Crippen molar-refractivity contribution in [2.75, 3.05) is 17.1 Å². The molecule has 9 heteroatoms. The molecule has 39 heavy (non-hydrogen) atoms. The van der Waals surface area contributed by atoms with Crippen molar-refractivity contribution >= 4 is 39.1 Å². The molecule has 7 nitrogen and oxygen atoms in total. The number of nitrogens with zero attached hydrogens (tertiary/aromatic N) is 2. The van der Waals surface area contributed by atoms with Crippen LogP contribution in [0.2, 0.25) is 5.02 Å². The van der Waals surface area contributed by atoms with Crippen LogP contribution in [0.3, 0.4) is 0 Å². The Balaban J connectivity index is 1.70. The van der Waals surface area contributed by atoms with Crippen LogP contribution in [0.5, 0.6) is 0 Å². The Bertz CT molecular complexity index is 1350. The Morgan fingerprint density at radius 1 is 0.897 bits per heavy atom. The minimum absolute atomic E-state index is 0.0695.